The lowest BCUT2D eigenvalue weighted by Crippen LogP contribution is -2.21. The van der Waals surface area contributed by atoms with Gasteiger partial charge in [-0.2, -0.15) is 0 Å². The molecule has 2 aromatic carbocycles. The Kier molecular flexibility index (Phi) is 5.57. The predicted molar refractivity (Wildman–Crippen MR) is 152 cm³/mol. The number of imidazole rings is 2. The third-order valence-electron chi connectivity index (χ3n) is 9.64. The lowest BCUT2D eigenvalue weighted by molar-refractivity contribution is 0.0208. The highest BCUT2D eigenvalue weighted by atomic mass is 19.3. The molecule has 2 aliphatic heterocycles. The van der Waals surface area contributed by atoms with Gasteiger partial charge in [-0.15, -0.1) is 0 Å². The summed E-state index contributed by atoms with van der Waals surface area (Å²) in [7, 11) is 0. The third kappa shape index (κ3) is 4.32. The second-order valence-corrected chi connectivity index (χ2v) is 12.7. The molecule has 2 bridgehead atoms. The van der Waals surface area contributed by atoms with E-state index in [9.17, 15) is 13.2 Å². The van der Waals surface area contributed by atoms with Gasteiger partial charge in [0.2, 0.25) is 0 Å². The Morgan fingerprint density at radius 2 is 1.29 bits per heavy atom. The third-order valence-corrected chi connectivity index (χ3v) is 9.64. The molecular formula is C32H33F3N6. The van der Waals surface area contributed by atoms with Gasteiger partial charge >= 0.3 is 0 Å². The fraction of sp³-hybridized carbons (Fsp3) is 0.438. The van der Waals surface area contributed by atoms with Crippen LogP contribution in [0.4, 0.5) is 13.2 Å². The van der Waals surface area contributed by atoms with Gasteiger partial charge in [0.25, 0.3) is 5.92 Å². The van der Waals surface area contributed by atoms with Crippen LogP contribution in [0.25, 0.3) is 33.6 Å². The molecule has 4 aliphatic rings. The molecule has 5 atom stereocenters. The molecule has 6 nitrogen and oxygen atoms in total. The van der Waals surface area contributed by atoms with Crippen molar-refractivity contribution in [3.05, 3.63) is 71.6 Å². The minimum Gasteiger partial charge on any atom is -0.341 e. The first kappa shape index (κ1) is 25.3. The van der Waals surface area contributed by atoms with Crippen LogP contribution < -0.4 is 10.6 Å². The van der Waals surface area contributed by atoms with E-state index in [4.69, 9.17) is 0 Å². The SMILES string of the molecule is CC1(F)CNC(c2ncc(-c3ccc(-c4ccc(-c5cnc(C6CC(F)(F)CN6)[nH]5)cc4)c4c3C3CCC4C3)[nH]2)C1. The van der Waals surface area contributed by atoms with E-state index < -0.39 is 17.6 Å². The number of halogens is 3. The number of nitrogens with zero attached hydrogens (tertiary/aromatic N) is 2. The van der Waals surface area contributed by atoms with Gasteiger partial charge in [-0.05, 0) is 65.8 Å². The summed E-state index contributed by atoms with van der Waals surface area (Å²) in [6.07, 6.45) is 7.42. The number of aromatic nitrogens is 4. The number of hydrogen-bond donors (Lipinski definition) is 4. The molecule has 1 saturated carbocycles. The van der Waals surface area contributed by atoms with Gasteiger partial charge in [0, 0.05) is 24.9 Å². The van der Waals surface area contributed by atoms with E-state index in [0.29, 0.717) is 30.6 Å². The van der Waals surface area contributed by atoms with Crippen LogP contribution in [0.15, 0.2) is 48.8 Å². The van der Waals surface area contributed by atoms with Gasteiger partial charge in [-0.1, -0.05) is 36.4 Å². The van der Waals surface area contributed by atoms with Crippen molar-refractivity contribution in [1.82, 2.24) is 30.6 Å². The molecule has 212 valence electrons. The van der Waals surface area contributed by atoms with Crippen molar-refractivity contribution in [2.75, 3.05) is 13.1 Å². The number of alkyl halides is 3. The average Bonchev–Trinajstić information content (AvgIpc) is 3.79. The van der Waals surface area contributed by atoms with E-state index in [0.717, 1.165) is 22.8 Å². The molecule has 4 heterocycles. The minimum atomic E-state index is -2.70. The molecule has 2 aromatic heterocycles. The Labute approximate surface area is 236 Å². The Bertz CT molecular complexity index is 1620. The van der Waals surface area contributed by atoms with Crippen LogP contribution >= 0.6 is 0 Å². The van der Waals surface area contributed by atoms with E-state index in [2.05, 4.69) is 67.0 Å². The number of hydrogen-bond acceptors (Lipinski definition) is 4. The van der Waals surface area contributed by atoms with Crippen LogP contribution in [0, 0.1) is 0 Å². The van der Waals surface area contributed by atoms with Crippen molar-refractivity contribution in [2.24, 2.45) is 0 Å². The summed E-state index contributed by atoms with van der Waals surface area (Å²) in [6, 6.07) is 12.3. The summed E-state index contributed by atoms with van der Waals surface area (Å²) in [6.45, 7) is 1.67. The first-order valence-electron chi connectivity index (χ1n) is 14.6. The van der Waals surface area contributed by atoms with Crippen LogP contribution in [-0.2, 0) is 0 Å². The average molecular weight is 559 g/mol. The van der Waals surface area contributed by atoms with Crippen molar-refractivity contribution in [3.63, 3.8) is 0 Å². The maximum Gasteiger partial charge on any atom is 0.262 e. The predicted octanol–water partition coefficient (Wildman–Crippen LogP) is 6.93. The standard InChI is InChI=1S/C32H33F3N6/c1-31(33)11-23(38-15-31)29-37-14-26(41-29)22-9-8-21(27-19-6-7-20(10-19)28(22)27)17-2-4-18(5-3-17)25-13-36-30(40-25)24-12-32(34,35)16-39-24/h2-5,8-9,13-14,19-20,23-24,38-39H,6-7,10-12,15-16H2,1H3,(H,36,40)(H,37,41). The molecule has 5 unspecified atom stereocenters. The number of aromatic amines is 2. The summed E-state index contributed by atoms with van der Waals surface area (Å²) in [4.78, 5) is 15.8. The largest absolute Gasteiger partial charge is 0.341 e. The van der Waals surface area contributed by atoms with Crippen LogP contribution in [0.3, 0.4) is 0 Å². The van der Waals surface area contributed by atoms with E-state index in [1.54, 1.807) is 13.1 Å². The zero-order chi connectivity index (χ0) is 27.9. The number of nitrogens with one attached hydrogen (secondary N) is 4. The van der Waals surface area contributed by atoms with Crippen LogP contribution in [0.1, 0.15) is 85.7 Å². The highest BCUT2D eigenvalue weighted by Crippen LogP contribution is 2.58. The second-order valence-electron chi connectivity index (χ2n) is 12.7. The van der Waals surface area contributed by atoms with E-state index in [-0.39, 0.29) is 19.0 Å². The normalized spacial score (nSPS) is 29.9. The van der Waals surface area contributed by atoms with E-state index in [1.165, 1.54) is 47.1 Å². The number of benzene rings is 2. The highest BCUT2D eigenvalue weighted by molar-refractivity contribution is 5.80. The zero-order valence-corrected chi connectivity index (χ0v) is 22.9. The molecule has 9 heteroatoms. The molecule has 2 saturated heterocycles. The molecule has 4 aromatic rings. The molecule has 4 N–H and O–H groups in total. The molecular weight excluding hydrogens is 525 g/mol. The monoisotopic (exact) mass is 558 g/mol. The van der Waals surface area contributed by atoms with Gasteiger partial charge in [-0.3, -0.25) is 0 Å². The molecule has 41 heavy (non-hydrogen) atoms. The van der Waals surface area contributed by atoms with Gasteiger partial charge < -0.3 is 20.6 Å². The molecule has 3 fully saturated rings. The fourth-order valence-electron chi connectivity index (χ4n) is 7.66. The van der Waals surface area contributed by atoms with Crippen molar-refractivity contribution in [1.29, 1.82) is 0 Å². The number of H-pyrrole nitrogens is 2. The highest BCUT2D eigenvalue weighted by Gasteiger charge is 2.42. The maximum atomic E-state index is 14.4. The lowest BCUT2D eigenvalue weighted by Gasteiger charge is -2.22. The first-order valence-corrected chi connectivity index (χ1v) is 14.6. The Morgan fingerprint density at radius 3 is 1.95 bits per heavy atom. The van der Waals surface area contributed by atoms with Crippen molar-refractivity contribution >= 4 is 0 Å². The van der Waals surface area contributed by atoms with Crippen LogP contribution in [-0.4, -0.2) is 44.6 Å². The maximum absolute atomic E-state index is 14.4. The number of fused-ring (bicyclic) bond motifs is 5. The fourth-order valence-corrected chi connectivity index (χ4v) is 7.66. The summed E-state index contributed by atoms with van der Waals surface area (Å²) >= 11 is 0. The van der Waals surface area contributed by atoms with Crippen molar-refractivity contribution in [2.45, 2.75) is 74.5 Å². The van der Waals surface area contributed by atoms with Crippen LogP contribution in [0.5, 0.6) is 0 Å². The topological polar surface area (TPSA) is 81.4 Å². The summed E-state index contributed by atoms with van der Waals surface area (Å²) in [5, 5.41) is 6.13. The van der Waals surface area contributed by atoms with E-state index >= 15 is 0 Å². The Morgan fingerprint density at radius 1 is 0.707 bits per heavy atom. The van der Waals surface area contributed by atoms with Gasteiger partial charge in [-0.25, -0.2) is 23.1 Å². The molecule has 0 radical (unpaired) electrons. The molecule has 0 amide bonds. The van der Waals surface area contributed by atoms with E-state index in [1.807, 2.05) is 6.20 Å². The molecule has 0 spiro atoms. The smallest absolute Gasteiger partial charge is 0.262 e. The van der Waals surface area contributed by atoms with Gasteiger partial charge in [0.05, 0.1) is 42.4 Å². The zero-order valence-electron chi connectivity index (χ0n) is 22.9. The second kappa shape index (κ2) is 9.03. The van der Waals surface area contributed by atoms with Gasteiger partial charge in [0.15, 0.2) is 0 Å². The molecule has 2 aliphatic carbocycles. The summed E-state index contributed by atoms with van der Waals surface area (Å²) in [5.74, 6) is -0.233. The Hall–Kier alpha value is -3.43. The van der Waals surface area contributed by atoms with Crippen molar-refractivity contribution < 1.29 is 13.2 Å². The summed E-state index contributed by atoms with van der Waals surface area (Å²) < 4.78 is 41.7. The number of rotatable bonds is 5. The van der Waals surface area contributed by atoms with Crippen LogP contribution in [0.2, 0.25) is 0 Å². The lowest BCUT2D eigenvalue weighted by atomic mass is 9.82. The Balaban J connectivity index is 1.09. The minimum absolute atomic E-state index is 0.0950. The summed E-state index contributed by atoms with van der Waals surface area (Å²) in [5.41, 5.74) is 8.14. The van der Waals surface area contributed by atoms with Crippen molar-refractivity contribution in [3.8, 4) is 33.6 Å². The first-order chi connectivity index (χ1) is 19.7. The molecule has 8 rings (SSSR count). The quantitative estimate of drug-likeness (QED) is 0.214. The van der Waals surface area contributed by atoms with Gasteiger partial charge in [0.1, 0.15) is 17.3 Å².